The zero-order chi connectivity index (χ0) is 13.0. The third kappa shape index (κ3) is 6.05. The molecule has 0 amide bonds. The van der Waals surface area contributed by atoms with Crippen molar-refractivity contribution in [3.63, 3.8) is 0 Å². The number of hydrogen-bond donors (Lipinski definition) is 3. The second kappa shape index (κ2) is 5.61. The van der Waals surface area contributed by atoms with Crippen LogP contribution in [0, 0.1) is 5.41 Å². The number of aliphatic carboxylic acids is 1. The van der Waals surface area contributed by atoms with Gasteiger partial charge in [0, 0.05) is 19.6 Å². The van der Waals surface area contributed by atoms with Gasteiger partial charge in [-0.1, -0.05) is 0 Å². The van der Waals surface area contributed by atoms with Gasteiger partial charge in [0.2, 0.25) is 0 Å². The van der Waals surface area contributed by atoms with Crippen LogP contribution in [0.4, 0.5) is 0 Å². The highest BCUT2D eigenvalue weighted by atomic mass is 16.4. The van der Waals surface area contributed by atoms with Gasteiger partial charge in [0.1, 0.15) is 0 Å². The molecule has 96 valence electrons. The largest absolute Gasteiger partial charge is 0.481 e. The molecule has 0 aromatic heterocycles. The summed E-state index contributed by atoms with van der Waals surface area (Å²) >= 11 is 0. The van der Waals surface area contributed by atoms with E-state index in [1.165, 1.54) is 0 Å². The van der Waals surface area contributed by atoms with Gasteiger partial charge in [0.15, 0.2) is 0 Å². The van der Waals surface area contributed by atoms with E-state index in [0.717, 1.165) is 0 Å². The van der Waals surface area contributed by atoms with Crippen LogP contribution in [-0.4, -0.2) is 60.4 Å². The molecule has 0 aliphatic heterocycles. The van der Waals surface area contributed by atoms with Crippen molar-refractivity contribution in [1.29, 1.82) is 0 Å². The Morgan fingerprint density at radius 3 is 2.12 bits per heavy atom. The highest BCUT2D eigenvalue weighted by Crippen LogP contribution is 2.13. The van der Waals surface area contributed by atoms with Gasteiger partial charge >= 0.3 is 5.97 Å². The molecular weight excluding hydrogens is 208 g/mol. The number of likely N-dealkylation sites (N-methyl/N-ethyl adjacent to an activating group) is 1. The van der Waals surface area contributed by atoms with Crippen molar-refractivity contribution in [3.05, 3.63) is 0 Å². The molecule has 1 unspecified atom stereocenters. The Morgan fingerprint density at radius 1 is 1.25 bits per heavy atom. The third-order valence-corrected chi connectivity index (χ3v) is 2.31. The van der Waals surface area contributed by atoms with Crippen molar-refractivity contribution >= 4 is 5.97 Å². The molecule has 0 bridgehead atoms. The number of nitrogens with one attached hydrogen (secondary N) is 1. The molecule has 0 rings (SSSR count). The summed E-state index contributed by atoms with van der Waals surface area (Å²) in [6.07, 6.45) is 0. The lowest BCUT2D eigenvalue weighted by Gasteiger charge is -2.29. The molecule has 0 heterocycles. The first-order valence-corrected chi connectivity index (χ1v) is 5.38. The lowest BCUT2D eigenvalue weighted by molar-refractivity contribution is -0.146. The van der Waals surface area contributed by atoms with Crippen molar-refractivity contribution in [2.24, 2.45) is 5.41 Å². The number of hydrogen-bond acceptors (Lipinski definition) is 4. The van der Waals surface area contributed by atoms with Gasteiger partial charge in [-0.2, -0.15) is 0 Å². The topological polar surface area (TPSA) is 72.8 Å². The Hall–Kier alpha value is -0.650. The number of rotatable bonds is 7. The monoisotopic (exact) mass is 232 g/mol. The smallest absolute Gasteiger partial charge is 0.310 e. The summed E-state index contributed by atoms with van der Waals surface area (Å²) in [5.41, 5.74) is -1.66. The number of nitrogens with zero attached hydrogens (tertiary/aromatic N) is 1. The van der Waals surface area contributed by atoms with E-state index in [9.17, 15) is 9.90 Å². The maximum atomic E-state index is 10.8. The Morgan fingerprint density at radius 2 is 1.75 bits per heavy atom. The Kier molecular flexibility index (Phi) is 5.38. The molecule has 0 fully saturated rings. The summed E-state index contributed by atoms with van der Waals surface area (Å²) in [4.78, 5) is 12.7. The van der Waals surface area contributed by atoms with Gasteiger partial charge in [-0.05, 0) is 34.9 Å². The summed E-state index contributed by atoms with van der Waals surface area (Å²) in [6.45, 7) is 6.29. The third-order valence-electron chi connectivity index (χ3n) is 2.31. The maximum Gasteiger partial charge on any atom is 0.310 e. The van der Waals surface area contributed by atoms with Crippen LogP contribution in [0.15, 0.2) is 0 Å². The van der Waals surface area contributed by atoms with E-state index in [2.05, 4.69) is 5.32 Å². The minimum Gasteiger partial charge on any atom is -0.481 e. The van der Waals surface area contributed by atoms with E-state index in [0.29, 0.717) is 19.6 Å². The first-order chi connectivity index (χ1) is 7.07. The van der Waals surface area contributed by atoms with Crippen LogP contribution in [0.25, 0.3) is 0 Å². The number of carboxylic acid groups (broad SMARTS) is 1. The van der Waals surface area contributed by atoms with Crippen molar-refractivity contribution in [2.45, 2.75) is 26.4 Å². The van der Waals surface area contributed by atoms with Gasteiger partial charge in [-0.3, -0.25) is 4.79 Å². The fraction of sp³-hybridized carbons (Fsp3) is 0.909. The van der Waals surface area contributed by atoms with E-state index in [1.807, 2.05) is 19.0 Å². The molecular formula is C11H24N2O3. The minimum atomic E-state index is -0.849. The van der Waals surface area contributed by atoms with Crippen LogP contribution in [0.3, 0.4) is 0 Å². The van der Waals surface area contributed by atoms with Gasteiger partial charge in [0.05, 0.1) is 11.0 Å². The summed E-state index contributed by atoms with van der Waals surface area (Å²) < 4.78 is 0. The summed E-state index contributed by atoms with van der Waals surface area (Å²) in [6, 6.07) is 0. The van der Waals surface area contributed by atoms with Crippen molar-refractivity contribution in [3.8, 4) is 0 Å². The summed E-state index contributed by atoms with van der Waals surface area (Å²) in [5.74, 6) is -0.841. The molecule has 5 nitrogen and oxygen atoms in total. The van der Waals surface area contributed by atoms with E-state index in [1.54, 1.807) is 20.8 Å². The Bertz CT molecular complexity index is 237. The molecule has 5 heteroatoms. The van der Waals surface area contributed by atoms with Gasteiger partial charge < -0.3 is 20.4 Å². The summed E-state index contributed by atoms with van der Waals surface area (Å²) in [5, 5.41) is 21.9. The lowest BCUT2D eigenvalue weighted by atomic mass is 9.93. The van der Waals surface area contributed by atoms with E-state index in [-0.39, 0.29) is 0 Å². The SMILES string of the molecule is CN(C)CC(C)(O)CNCC(C)(C)C(=O)O. The Balaban J connectivity index is 4.02. The molecule has 3 N–H and O–H groups in total. The average Bonchev–Trinajstić information content (AvgIpc) is 1.99. The van der Waals surface area contributed by atoms with Crippen molar-refractivity contribution < 1.29 is 15.0 Å². The van der Waals surface area contributed by atoms with Gasteiger partial charge in [0.25, 0.3) is 0 Å². The zero-order valence-corrected chi connectivity index (χ0v) is 10.9. The van der Waals surface area contributed by atoms with Gasteiger partial charge in [-0.15, -0.1) is 0 Å². The van der Waals surface area contributed by atoms with E-state index < -0.39 is 17.0 Å². The van der Waals surface area contributed by atoms with E-state index in [4.69, 9.17) is 5.11 Å². The summed E-state index contributed by atoms with van der Waals surface area (Å²) in [7, 11) is 3.77. The van der Waals surface area contributed by atoms with Crippen LogP contribution in [0.2, 0.25) is 0 Å². The predicted octanol–water partition coefficient (Wildman–Crippen LogP) is -0.000600. The second-order valence-electron chi connectivity index (χ2n) is 5.53. The quantitative estimate of drug-likeness (QED) is 0.576. The number of aliphatic hydroxyl groups is 1. The van der Waals surface area contributed by atoms with Crippen molar-refractivity contribution in [2.75, 3.05) is 33.7 Å². The van der Waals surface area contributed by atoms with Gasteiger partial charge in [-0.25, -0.2) is 0 Å². The number of carbonyl (C=O) groups is 1. The first kappa shape index (κ1) is 15.3. The molecule has 0 aromatic carbocycles. The highest BCUT2D eigenvalue weighted by Gasteiger charge is 2.28. The molecule has 16 heavy (non-hydrogen) atoms. The van der Waals surface area contributed by atoms with E-state index >= 15 is 0 Å². The molecule has 0 saturated carbocycles. The second-order valence-corrected chi connectivity index (χ2v) is 5.53. The molecule has 0 aliphatic rings. The minimum absolute atomic E-state index is 0.339. The molecule has 0 spiro atoms. The van der Waals surface area contributed by atoms with Crippen LogP contribution in [-0.2, 0) is 4.79 Å². The highest BCUT2D eigenvalue weighted by molar-refractivity contribution is 5.73. The van der Waals surface area contributed by atoms with Crippen molar-refractivity contribution in [1.82, 2.24) is 10.2 Å². The first-order valence-electron chi connectivity index (χ1n) is 5.38. The lowest BCUT2D eigenvalue weighted by Crippen LogP contribution is -2.48. The molecule has 0 aromatic rings. The number of carboxylic acids is 1. The molecule has 0 saturated heterocycles. The van der Waals surface area contributed by atoms with Crippen LogP contribution >= 0.6 is 0 Å². The molecule has 0 radical (unpaired) electrons. The predicted molar refractivity (Wildman–Crippen MR) is 63.5 cm³/mol. The van der Waals surface area contributed by atoms with Crippen LogP contribution in [0.1, 0.15) is 20.8 Å². The van der Waals surface area contributed by atoms with Crippen LogP contribution < -0.4 is 5.32 Å². The zero-order valence-electron chi connectivity index (χ0n) is 10.9. The average molecular weight is 232 g/mol. The Labute approximate surface area is 97.4 Å². The van der Waals surface area contributed by atoms with Crippen LogP contribution in [0.5, 0.6) is 0 Å². The molecule has 0 aliphatic carbocycles. The molecule has 1 atom stereocenters. The standard InChI is InChI=1S/C11H24N2O3/c1-10(2,9(14)15)6-12-7-11(3,16)8-13(4)5/h12,16H,6-8H2,1-5H3,(H,14,15). The maximum absolute atomic E-state index is 10.8. The fourth-order valence-electron chi connectivity index (χ4n) is 1.46. The normalized spacial score (nSPS) is 16.2. The fourth-order valence-corrected chi connectivity index (χ4v) is 1.46.